The molecule has 0 bridgehead atoms. The summed E-state index contributed by atoms with van der Waals surface area (Å²) in [4.78, 5) is 37.6. The van der Waals surface area contributed by atoms with E-state index < -0.39 is 6.10 Å². The molecule has 1 atom stereocenters. The van der Waals surface area contributed by atoms with Crippen molar-refractivity contribution in [2.45, 2.75) is 232 Å². The van der Waals surface area contributed by atoms with E-state index in [-0.39, 0.29) is 31.1 Å². The smallest absolute Gasteiger partial charge is 0.306 e. The molecule has 0 aliphatic heterocycles. The molecule has 1 unspecified atom stereocenters. The van der Waals surface area contributed by atoms with Crippen LogP contribution in [0.5, 0.6) is 0 Å². The highest BCUT2D eigenvalue weighted by molar-refractivity contribution is 5.71. The van der Waals surface area contributed by atoms with Crippen LogP contribution in [-0.4, -0.2) is 37.2 Å². The van der Waals surface area contributed by atoms with Crippen LogP contribution in [0.15, 0.2) is 48.6 Å². The van der Waals surface area contributed by atoms with E-state index in [0.29, 0.717) is 19.3 Å². The maximum absolute atomic E-state index is 12.7. The van der Waals surface area contributed by atoms with E-state index in [2.05, 4.69) is 69.4 Å². The highest BCUT2D eigenvalue weighted by atomic mass is 16.6. The maximum atomic E-state index is 12.7. The lowest BCUT2D eigenvalue weighted by atomic mass is 10.1. The summed E-state index contributed by atoms with van der Waals surface area (Å²) >= 11 is 0. The average molecular weight is 771 g/mol. The average Bonchev–Trinajstić information content (AvgIpc) is 3.18. The Kier molecular flexibility index (Phi) is 42.0. The quantitative estimate of drug-likeness (QED) is 0.0267. The normalized spacial score (nSPS) is 12.4. The Hall–Kier alpha value is -2.63. The standard InChI is InChI=1S/C49H86O6/c1-4-7-10-13-16-18-20-22-23-24-25-27-28-30-33-36-39-42-48(51)54-45-46(44-53-47(50)41-38-35-32-15-12-9-6-3)55-49(52)43-40-37-34-31-29-26-21-19-17-14-11-8-5-2/h7,10,16,18-19,21-23,46H,4-6,8-9,11-15,17,20,24-45H2,1-3H3/b10-7-,18-16-,21-19-,23-22-. The van der Waals surface area contributed by atoms with E-state index in [1.807, 2.05) is 0 Å². The highest BCUT2D eigenvalue weighted by Gasteiger charge is 2.19. The third kappa shape index (κ3) is 42.4. The zero-order chi connectivity index (χ0) is 40.1. The molecule has 318 valence electrons. The molecule has 55 heavy (non-hydrogen) atoms. The molecule has 6 nitrogen and oxygen atoms in total. The van der Waals surface area contributed by atoms with Crippen LogP contribution in [-0.2, 0) is 28.6 Å². The maximum Gasteiger partial charge on any atom is 0.306 e. The molecule has 0 radical (unpaired) electrons. The minimum absolute atomic E-state index is 0.0791. The fourth-order valence-electron chi connectivity index (χ4n) is 6.33. The molecule has 0 heterocycles. The van der Waals surface area contributed by atoms with Gasteiger partial charge in [0.15, 0.2) is 6.10 Å². The van der Waals surface area contributed by atoms with Crippen molar-refractivity contribution >= 4 is 17.9 Å². The minimum Gasteiger partial charge on any atom is -0.462 e. The van der Waals surface area contributed by atoms with Crippen molar-refractivity contribution in [1.29, 1.82) is 0 Å². The summed E-state index contributed by atoms with van der Waals surface area (Å²) < 4.78 is 16.7. The van der Waals surface area contributed by atoms with Crippen molar-refractivity contribution in [2.24, 2.45) is 0 Å². The Morgan fingerprint density at radius 2 is 0.709 bits per heavy atom. The molecule has 0 aromatic rings. The van der Waals surface area contributed by atoms with E-state index in [1.54, 1.807) is 0 Å². The van der Waals surface area contributed by atoms with Gasteiger partial charge >= 0.3 is 17.9 Å². The van der Waals surface area contributed by atoms with Crippen LogP contribution in [0.1, 0.15) is 226 Å². The lowest BCUT2D eigenvalue weighted by Crippen LogP contribution is -2.30. The number of rotatable bonds is 41. The second-order valence-corrected chi connectivity index (χ2v) is 15.3. The Balaban J connectivity index is 4.31. The summed E-state index contributed by atoms with van der Waals surface area (Å²) in [6.45, 7) is 6.45. The molecule has 0 aromatic carbocycles. The number of allylic oxidation sites excluding steroid dienone is 8. The molecule has 6 heteroatoms. The molecule has 0 saturated carbocycles. The Morgan fingerprint density at radius 3 is 1.15 bits per heavy atom. The number of hydrogen-bond donors (Lipinski definition) is 0. The van der Waals surface area contributed by atoms with Crippen molar-refractivity contribution in [3.63, 3.8) is 0 Å². The summed E-state index contributed by atoms with van der Waals surface area (Å²) in [5, 5.41) is 0. The first-order chi connectivity index (χ1) is 27.0. The Morgan fingerprint density at radius 1 is 0.382 bits per heavy atom. The van der Waals surface area contributed by atoms with Gasteiger partial charge in [0.1, 0.15) is 13.2 Å². The van der Waals surface area contributed by atoms with Gasteiger partial charge in [0, 0.05) is 19.3 Å². The number of ether oxygens (including phenoxy) is 3. The fourth-order valence-corrected chi connectivity index (χ4v) is 6.33. The monoisotopic (exact) mass is 771 g/mol. The van der Waals surface area contributed by atoms with Gasteiger partial charge in [-0.1, -0.05) is 179 Å². The van der Waals surface area contributed by atoms with Crippen molar-refractivity contribution in [3.05, 3.63) is 48.6 Å². The fraction of sp³-hybridized carbons (Fsp3) is 0.776. The van der Waals surface area contributed by atoms with Gasteiger partial charge in [0.2, 0.25) is 0 Å². The van der Waals surface area contributed by atoms with Crippen LogP contribution in [0, 0.1) is 0 Å². The second-order valence-electron chi connectivity index (χ2n) is 15.3. The number of unbranched alkanes of at least 4 members (excludes halogenated alkanes) is 22. The van der Waals surface area contributed by atoms with Gasteiger partial charge in [0.05, 0.1) is 0 Å². The van der Waals surface area contributed by atoms with Gasteiger partial charge in [-0.3, -0.25) is 14.4 Å². The molecule has 0 spiro atoms. The van der Waals surface area contributed by atoms with Gasteiger partial charge < -0.3 is 14.2 Å². The molecule has 0 amide bonds. The van der Waals surface area contributed by atoms with Gasteiger partial charge in [-0.05, 0) is 77.0 Å². The lowest BCUT2D eigenvalue weighted by molar-refractivity contribution is -0.167. The van der Waals surface area contributed by atoms with Crippen molar-refractivity contribution in [2.75, 3.05) is 13.2 Å². The summed E-state index contributed by atoms with van der Waals surface area (Å²) in [7, 11) is 0. The van der Waals surface area contributed by atoms with Gasteiger partial charge in [0.25, 0.3) is 0 Å². The molecule has 0 saturated heterocycles. The van der Waals surface area contributed by atoms with Crippen molar-refractivity contribution < 1.29 is 28.6 Å². The van der Waals surface area contributed by atoms with E-state index in [9.17, 15) is 14.4 Å². The Labute approximate surface area is 339 Å². The van der Waals surface area contributed by atoms with Crippen LogP contribution in [0.4, 0.5) is 0 Å². The van der Waals surface area contributed by atoms with Crippen LogP contribution in [0.2, 0.25) is 0 Å². The third-order valence-corrected chi connectivity index (χ3v) is 9.82. The predicted molar refractivity (Wildman–Crippen MR) is 233 cm³/mol. The van der Waals surface area contributed by atoms with E-state index in [1.165, 1.54) is 89.9 Å². The molecule has 0 aromatic heterocycles. The predicted octanol–water partition coefficient (Wildman–Crippen LogP) is 14.8. The first-order valence-electron chi connectivity index (χ1n) is 23.1. The van der Waals surface area contributed by atoms with Gasteiger partial charge in [-0.2, -0.15) is 0 Å². The molecule has 0 aliphatic rings. The summed E-state index contributed by atoms with van der Waals surface area (Å²) in [6.07, 6.45) is 51.0. The zero-order valence-electron chi connectivity index (χ0n) is 36.2. The van der Waals surface area contributed by atoms with Crippen LogP contribution in [0.25, 0.3) is 0 Å². The lowest BCUT2D eigenvalue weighted by Gasteiger charge is -2.18. The molecular weight excluding hydrogens is 685 g/mol. The van der Waals surface area contributed by atoms with Gasteiger partial charge in [-0.25, -0.2) is 0 Å². The van der Waals surface area contributed by atoms with Crippen LogP contribution < -0.4 is 0 Å². The van der Waals surface area contributed by atoms with Crippen molar-refractivity contribution in [3.8, 4) is 0 Å². The number of carbonyl (C=O) groups is 3. The Bertz CT molecular complexity index is 980. The number of hydrogen-bond acceptors (Lipinski definition) is 6. The molecular formula is C49H86O6. The highest BCUT2D eigenvalue weighted by Crippen LogP contribution is 2.14. The first-order valence-corrected chi connectivity index (χ1v) is 23.1. The molecule has 0 aliphatic carbocycles. The summed E-state index contributed by atoms with van der Waals surface area (Å²) in [6, 6.07) is 0. The van der Waals surface area contributed by atoms with Crippen LogP contribution >= 0.6 is 0 Å². The zero-order valence-corrected chi connectivity index (χ0v) is 36.2. The summed E-state index contributed by atoms with van der Waals surface area (Å²) in [5.41, 5.74) is 0. The SMILES string of the molecule is CC/C=C\C/C=C\C/C=C\CCCCCCCCCC(=O)OCC(COC(=O)CCCCCCCCC)OC(=O)CCCCCCC/C=C\CCCCCC. The van der Waals surface area contributed by atoms with Gasteiger partial charge in [-0.15, -0.1) is 0 Å². The third-order valence-electron chi connectivity index (χ3n) is 9.82. The van der Waals surface area contributed by atoms with E-state index in [4.69, 9.17) is 14.2 Å². The van der Waals surface area contributed by atoms with E-state index in [0.717, 1.165) is 96.3 Å². The largest absolute Gasteiger partial charge is 0.462 e. The minimum atomic E-state index is -0.775. The van der Waals surface area contributed by atoms with Crippen molar-refractivity contribution in [1.82, 2.24) is 0 Å². The summed E-state index contributed by atoms with van der Waals surface area (Å²) in [5.74, 6) is -0.905. The number of esters is 3. The van der Waals surface area contributed by atoms with Crippen LogP contribution in [0.3, 0.4) is 0 Å². The molecule has 0 rings (SSSR count). The first kappa shape index (κ1) is 52.4. The topological polar surface area (TPSA) is 78.9 Å². The second kappa shape index (κ2) is 44.1. The van der Waals surface area contributed by atoms with E-state index >= 15 is 0 Å². The molecule has 0 N–H and O–H groups in total. The number of carbonyl (C=O) groups excluding carboxylic acids is 3. The molecule has 0 fully saturated rings.